The number of hydrogen-bond donors (Lipinski definition) is 0. The fourth-order valence-electron chi connectivity index (χ4n) is 4.81. The lowest BCUT2D eigenvalue weighted by Gasteiger charge is -2.22. The molecule has 1 saturated carbocycles. The van der Waals surface area contributed by atoms with Crippen LogP contribution >= 0.6 is 0 Å². The van der Waals surface area contributed by atoms with Crippen molar-refractivity contribution in [3.05, 3.63) is 53.2 Å². The first-order valence-electron chi connectivity index (χ1n) is 10.9. The number of hydrogen-bond acceptors (Lipinski definition) is 6. The first kappa shape index (κ1) is 19.6. The first-order chi connectivity index (χ1) is 15.1. The molecule has 0 spiro atoms. The van der Waals surface area contributed by atoms with E-state index < -0.39 is 0 Å². The Morgan fingerprint density at radius 2 is 1.90 bits per heavy atom. The summed E-state index contributed by atoms with van der Waals surface area (Å²) in [7, 11) is 0. The summed E-state index contributed by atoms with van der Waals surface area (Å²) in [6.07, 6.45) is 12.3. The molecule has 4 heterocycles. The van der Waals surface area contributed by atoms with Crippen LogP contribution in [-0.2, 0) is 6.54 Å². The summed E-state index contributed by atoms with van der Waals surface area (Å²) in [5, 5.41) is 7.02. The van der Waals surface area contributed by atoms with Gasteiger partial charge in [-0.1, -0.05) is 24.4 Å². The summed E-state index contributed by atoms with van der Waals surface area (Å²) in [6.45, 7) is 4.86. The van der Waals surface area contributed by atoms with Crippen LogP contribution in [0.1, 0.15) is 43.6 Å². The molecule has 7 nitrogen and oxygen atoms in total. The smallest absolute Gasteiger partial charge is 0.196 e. The molecule has 31 heavy (non-hydrogen) atoms. The topological polar surface area (TPSA) is 86.2 Å². The molecule has 0 atom stereocenters. The monoisotopic (exact) mass is 415 g/mol. The zero-order valence-corrected chi connectivity index (χ0v) is 17.8. The van der Waals surface area contributed by atoms with Gasteiger partial charge in [0.2, 0.25) is 0 Å². The molecule has 0 unspecified atom stereocenters. The number of aromatic nitrogens is 4. The van der Waals surface area contributed by atoms with Crippen molar-refractivity contribution in [2.45, 2.75) is 52.5 Å². The Morgan fingerprint density at radius 1 is 1.10 bits per heavy atom. The normalized spacial score (nSPS) is 14.9. The van der Waals surface area contributed by atoms with Gasteiger partial charge >= 0.3 is 0 Å². The van der Waals surface area contributed by atoms with Crippen molar-refractivity contribution in [1.82, 2.24) is 19.7 Å². The average molecular weight is 415 g/mol. The van der Waals surface area contributed by atoms with Crippen LogP contribution in [-0.4, -0.2) is 19.7 Å². The summed E-state index contributed by atoms with van der Waals surface area (Å²) < 4.78 is 7.72. The molecule has 4 aromatic rings. The van der Waals surface area contributed by atoms with Crippen molar-refractivity contribution in [3.8, 4) is 22.3 Å². The molecule has 0 aromatic carbocycles. The van der Waals surface area contributed by atoms with Gasteiger partial charge in [-0.05, 0) is 56.0 Å². The molecule has 0 N–H and O–H groups in total. The van der Waals surface area contributed by atoms with Crippen LogP contribution in [0.25, 0.3) is 33.3 Å². The molecule has 158 valence electrons. The number of fused-ring (bicyclic) bond motifs is 1. The van der Waals surface area contributed by atoms with E-state index >= 15 is 0 Å². The van der Waals surface area contributed by atoms with Crippen molar-refractivity contribution in [3.63, 3.8) is 0 Å². The van der Waals surface area contributed by atoms with Crippen molar-refractivity contribution in [2.75, 3.05) is 0 Å². The molecule has 1 fully saturated rings. The molecule has 1 aliphatic carbocycles. The molecule has 7 heteroatoms. The summed E-state index contributed by atoms with van der Waals surface area (Å²) >= 11 is 0. The highest BCUT2D eigenvalue weighted by Gasteiger charge is 2.20. The third-order valence-electron chi connectivity index (χ3n) is 6.37. The SMILES string of the molecule is Cc1noc(C)c1-c1cnc2c(-c3ccc(N=O)nc3)cn(CC3CCCCC3)c2c1. The minimum absolute atomic E-state index is 0.184. The molecule has 0 bridgehead atoms. The van der Waals surface area contributed by atoms with Gasteiger partial charge in [0.25, 0.3) is 0 Å². The second-order valence-corrected chi connectivity index (χ2v) is 8.49. The minimum Gasteiger partial charge on any atom is -0.361 e. The zero-order chi connectivity index (χ0) is 21.4. The van der Waals surface area contributed by atoms with Crippen LogP contribution in [0.4, 0.5) is 5.82 Å². The molecular formula is C24H25N5O2. The molecule has 0 aliphatic heterocycles. The molecule has 5 rings (SSSR count). The Labute approximate surface area is 180 Å². The summed E-state index contributed by atoms with van der Waals surface area (Å²) in [4.78, 5) is 19.8. The van der Waals surface area contributed by atoms with E-state index in [1.807, 2.05) is 26.1 Å². The van der Waals surface area contributed by atoms with E-state index in [0.29, 0.717) is 5.92 Å². The summed E-state index contributed by atoms with van der Waals surface area (Å²) in [5.41, 5.74) is 6.85. The molecule has 0 radical (unpaired) electrons. The van der Waals surface area contributed by atoms with Crippen LogP contribution in [0, 0.1) is 24.7 Å². The van der Waals surface area contributed by atoms with Gasteiger partial charge in [0.05, 0.1) is 16.7 Å². The van der Waals surface area contributed by atoms with Gasteiger partial charge in [-0.2, -0.15) is 0 Å². The van der Waals surface area contributed by atoms with Gasteiger partial charge in [-0.25, -0.2) is 4.98 Å². The number of rotatable bonds is 5. The van der Waals surface area contributed by atoms with Crippen molar-refractivity contribution in [2.24, 2.45) is 11.1 Å². The zero-order valence-electron chi connectivity index (χ0n) is 17.8. The highest BCUT2D eigenvalue weighted by molar-refractivity contribution is 5.95. The molecule has 0 saturated heterocycles. The average Bonchev–Trinajstić information content (AvgIpc) is 3.33. The number of nitroso groups, excluding NO2 is 1. The Bertz CT molecular complexity index is 1210. The van der Waals surface area contributed by atoms with E-state index in [1.54, 1.807) is 12.3 Å². The van der Waals surface area contributed by atoms with Crippen LogP contribution in [0.15, 0.2) is 46.5 Å². The number of aryl methyl sites for hydroxylation is 2. The highest BCUT2D eigenvalue weighted by atomic mass is 16.5. The van der Waals surface area contributed by atoms with E-state index in [-0.39, 0.29) is 5.82 Å². The van der Waals surface area contributed by atoms with E-state index in [9.17, 15) is 4.91 Å². The van der Waals surface area contributed by atoms with Gasteiger partial charge in [0.15, 0.2) is 5.82 Å². The lowest BCUT2D eigenvalue weighted by molar-refractivity contribution is 0.323. The van der Waals surface area contributed by atoms with Gasteiger partial charge in [-0.15, -0.1) is 4.91 Å². The maximum atomic E-state index is 10.8. The largest absolute Gasteiger partial charge is 0.361 e. The maximum Gasteiger partial charge on any atom is 0.196 e. The summed E-state index contributed by atoms with van der Waals surface area (Å²) in [5.74, 6) is 1.66. The Balaban J connectivity index is 1.64. The molecule has 4 aromatic heterocycles. The van der Waals surface area contributed by atoms with E-state index in [4.69, 9.17) is 9.51 Å². The van der Waals surface area contributed by atoms with Gasteiger partial charge in [0, 0.05) is 47.4 Å². The lowest BCUT2D eigenvalue weighted by atomic mass is 9.89. The first-order valence-corrected chi connectivity index (χ1v) is 10.9. The van der Waals surface area contributed by atoms with Crippen LogP contribution in [0.5, 0.6) is 0 Å². The van der Waals surface area contributed by atoms with E-state index in [1.165, 1.54) is 32.1 Å². The van der Waals surface area contributed by atoms with Gasteiger partial charge in [-0.3, -0.25) is 4.98 Å². The number of pyridine rings is 2. The van der Waals surface area contributed by atoms with Crippen molar-refractivity contribution >= 4 is 16.9 Å². The predicted octanol–water partition coefficient (Wildman–Crippen LogP) is 6.35. The predicted molar refractivity (Wildman–Crippen MR) is 120 cm³/mol. The maximum absolute atomic E-state index is 10.8. The quantitative estimate of drug-likeness (QED) is 0.355. The lowest BCUT2D eigenvalue weighted by Crippen LogP contribution is -2.13. The van der Waals surface area contributed by atoms with Crippen molar-refractivity contribution < 1.29 is 4.52 Å². The van der Waals surface area contributed by atoms with Crippen LogP contribution < -0.4 is 0 Å². The third-order valence-corrected chi connectivity index (χ3v) is 6.37. The fourth-order valence-corrected chi connectivity index (χ4v) is 4.81. The Hall–Kier alpha value is -3.35. The van der Waals surface area contributed by atoms with E-state index in [0.717, 1.165) is 51.3 Å². The third kappa shape index (κ3) is 3.65. The molecular weight excluding hydrogens is 390 g/mol. The second-order valence-electron chi connectivity index (χ2n) is 8.49. The number of nitrogens with zero attached hydrogens (tertiary/aromatic N) is 5. The Morgan fingerprint density at radius 3 is 2.58 bits per heavy atom. The van der Waals surface area contributed by atoms with Gasteiger partial charge < -0.3 is 9.09 Å². The standard InChI is InChI=1S/C24H25N5O2/c1-15-23(16(2)31-28-15)19-10-21-24(26-12-19)20(18-8-9-22(27-30)25-11-18)14-29(21)13-17-6-4-3-5-7-17/h8-12,14,17H,3-7,13H2,1-2H3. The van der Waals surface area contributed by atoms with Crippen LogP contribution in [0.2, 0.25) is 0 Å². The second kappa shape index (κ2) is 8.06. The Kier molecular flexibility index (Phi) is 5.10. The van der Waals surface area contributed by atoms with Crippen LogP contribution in [0.3, 0.4) is 0 Å². The highest BCUT2D eigenvalue weighted by Crippen LogP contribution is 2.35. The summed E-state index contributed by atoms with van der Waals surface area (Å²) in [6, 6.07) is 5.72. The van der Waals surface area contributed by atoms with Gasteiger partial charge in [0.1, 0.15) is 5.76 Å². The van der Waals surface area contributed by atoms with Crippen molar-refractivity contribution in [1.29, 1.82) is 0 Å². The minimum atomic E-state index is 0.184. The molecule has 1 aliphatic rings. The molecule has 0 amide bonds. The van der Waals surface area contributed by atoms with E-state index in [2.05, 4.69) is 32.1 Å². The fraction of sp³-hybridized carbons (Fsp3) is 0.375.